The zero-order valence-corrected chi connectivity index (χ0v) is 12.7. The second-order valence-corrected chi connectivity index (χ2v) is 4.04. The molecule has 0 amide bonds. The van der Waals surface area contributed by atoms with E-state index in [0.717, 1.165) is 38.8 Å². The van der Waals surface area contributed by atoms with Gasteiger partial charge in [-0.3, -0.25) is 4.99 Å². The molecule has 3 nitrogen and oxygen atoms in total. The van der Waals surface area contributed by atoms with E-state index < -0.39 is 0 Å². The molecule has 0 saturated carbocycles. The third-order valence-corrected chi connectivity index (χ3v) is 2.04. The molecule has 0 aromatic carbocycles. The highest BCUT2D eigenvalue weighted by atomic mass is 127. The van der Waals surface area contributed by atoms with Crippen molar-refractivity contribution in [3.63, 3.8) is 0 Å². The molecule has 0 spiro atoms. The molecule has 0 radical (unpaired) electrons. The van der Waals surface area contributed by atoms with Gasteiger partial charge in [0.25, 0.3) is 0 Å². The molecule has 0 atom stereocenters. The maximum absolute atomic E-state index is 5.67. The Morgan fingerprint density at radius 2 is 2.12 bits per heavy atom. The molecule has 0 aromatic heterocycles. The van der Waals surface area contributed by atoms with Gasteiger partial charge in [0.2, 0.25) is 0 Å². The van der Waals surface area contributed by atoms with E-state index in [4.69, 9.17) is 12.2 Å². The number of guanidine groups is 1. The molecule has 0 fully saturated rings. The number of halogens is 1. The fourth-order valence-corrected chi connectivity index (χ4v) is 1.08. The fourth-order valence-electron chi connectivity index (χ4n) is 1.08. The first-order valence-electron chi connectivity index (χ1n) is 5.64. The molecule has 0 saturated heterocycles. The summed E-state index contributed by atoms with van der Waals surface area (Å²) >= 11 is 0. The van der Waals surface area contributed by atoms with Crippen molar-refractivity contribution in [2.45, 2.75) is 39.5 Å². The first kappa shape index (κ1) is 17.9. The summed E-state index contributed by atoms with van der Waals surface area (Å²) in [6, 6.07) is 0. The van der Waals surface area contributed by atoms with E-state index in [-0.39, 0.29) is 24.0 Å². The molecule has 16 heavy (non-hydrogen) atoms. The topological polar surface area (TPSA) is 50.4 Å². The van der Waals surface area contributed by atoms with E-state index in [9.17, 15) is 0 Å². The molecular formula is C12H24IN3. The highest BCUT2D eigenvalue weighted by Crippen LogP contribution is 1.96. The minimum Gasteiger partial charge on any atom is -0.370 e. The predicted octanol–water partition coefficient (Wildman–Crippen LogP) is 2.36. The number of hydrogen-bond donors (Lipinski definition) is 2. The normalized spacial score (nSPS) is 10.8. The highest BCUT2D eigenvalue weighted by Gasteiger charge is 1.94. The Morgan fingerprint density at radius 1 is 1.44 bits per heavy atom. The van der Waals surface area contributed by atoms with Crippen LogP contribution >= 0.6 is 24.0 Å². The number of nitrogens with zero attached hydrogens (tertiary/aromatic N) is 1. The van der Waals surface area contributed by atoms with Gasteiger partial charge in [-0.25, -0.2) is 0 Å². The van der Waals surface area contributed by atoms with Crippen LogP contribution in [0.2, 0.25) is 0 Å². The van der Waals surface area contributed by atoms with Crippen molar-refractivity contribution >= 4 is 29.9 Å². The Bertz CT molecular complexity index is 219. The molecule has 0 bridgehead atoms. The van der Waals surface area contributed by atoms with E-state index in [2.05, 4.69) is 30.1 Å². The Labute approximate surface area is 117 Å². The third kappa shape index (κ3) is 13.6. The number of unbranched alkanes of at least 4 members (excludes halogenated alkanes) is 2. The van der Waals surface area contributed by atoms with Crippen molar-refractivity contribution in [3.8, 4) is 12.3 Å². The first-order chi connectivity index (χ1) is 7.16. The molecule has 0 unspecified atom stereocenters. The molecule has 3 N–H and O–H groups in total. The van der Waals surface area contributed by atoms with Crippen LogP contribution in [0, 0.1) is 18.3 Å². The lowest BCUT2D eigenvalue weighted by atomic mass is 10.1. The summed E-state index contributed by atoms with van der Waals surface area (Å²) in [5, 5.41) is 3.09. The van der Waals surface area contributed by atoms with E-state index >= 15 is 0 Å². The second kappa shape index (κ2) is 12.6. The van der Waals surface area contributed by atoms with Crippen molar-refractivity contribution in [1.82, 2.24) is 5.32 Å². The summed E-state index contributed by atoms with van der Waals surface area (Å²) in [6.45, 7) is 6.04. The lowest BCUT2D eigenvalue weighted by Gasteiger charge is -2.07. The van der Waals surface area contributed by atoms with Gasteiger partial charge in [-0.05, 0) is 25.2 Å². The smallest absolute Gasteiger partial charge is 0.188 e. The SMILES string of the molecule is C#CCCCCN=C(N)NCCC(C)C.I. The van der Waals surface area contributed by atoms with Crippen LogP contribution in [-0.4, -0.2) is 19.0 Å². The molecule has 0 heterocycles. The lowest BCUT2D eigenvalue weighted by molar-refractivity contribution is 0.576. The summed E-state index contributed by atoms with van der Waals surface area (Å²) < 4.78 is 0. The Morgan fingerprint density at radius 3 is 2.69 bits per heavy atom. The van der Waals surface area contributed by atoms with E-state index in [1.54, 1.807) is 0 Å². The Hall–Kier alpha value is -0.440. The van der Waals surface area contributed by atoms with Gasteiger partial charge in [0.1, 0.15) is 0 Å². The summed E-state index contributed by atoms with van der Waals surface area (Å²) in [7, 11) is 0. The van der Waals surface area contributed by atoms with Crippen molar-refractivity contribution in [2.75, 3.05) is 13.1 Å². The average molecular weight is 337 g/mol. The van der Waals surface area contributed by atoms with Crippen molar-refractivity contribution < 1.29 is 0 Å². The zero-order chi connectivity index (χ0) is 11.5. The highest BCUT2D eigenvalue weighted by molar-refractivity contribution is 14.0. The molecular weight excluding hydrogens is 313 g/mol. The lowest BCUT2D eigenvalue weighted by Crippen LogP contribution is -2.33. The van der Waals surface area contributed by atoms with Crippen LogP contribution in [0.15, 0.2) is 4.99 Å². The van der Waals surface area contributed by atoms with E-state index in [1.807, 2.05) is 0 Å². The number of nitrogens with one attached hydrogen (secondary N) is 1. The molecule has 0 rings (SSSR count). The summed E-state index contributed by atoms with van der Waals surface area (Å²) in [6.07, 6.45) is 9.13. The van der Waals surface area contributed by atoms with Crippen LogP contribution in [0.5, 0.6) is 0 Å². The predicted molar refractivity (Wildman–Crippen MR) is 82.0 cm³/mol. The quantitative estimate of drug-likeness (QED) is 0.246. The molecule has 0 aliphatic carbocycles. The van der Waals surface area contributed by atoms with Gasteiger partial charge in [0.15, 0.2) is 5.96 Å². The molecule has 0 aromatic rings. The van der Waals surface area contributed by atoms with E-state index in [1.165, 1.54) is 0 Å². The van der Waals surface area contributed by atoms with Crippen molar-refractivity contribution in [3.05, 3.63) is 0 Å². The number of hydrogen-bond acceptors (Lipinski definition) is 1. The van der Waals surface area contributed by atoms with Crippen LogP contribution in [0.1, 0.15) is 39.5 Å². The average Bonchev–Trinajstić information content (AvgIpc) is 2.17. The summed E-state index contributed by atoms with van der Waals surface area (Å²) in [5.41, 5.74) is 5.67. The number of aliphatic imine (C=N–C) groups is 1. The molecule has 0 aliphatic heterocycles. The van der Waals surface area contributed by atoms with Crippen LogP contribution in [0.25, 0.3) is 0 Å². The molecule has 4 heteroatoms. The van der Waals surface area contributed by atoms with Crippen LogP contribution in [-0.2, 0) is 0 Å². The fraction of sp³-hybridized carbons (Fsp3) is 0.750. The number of terminal acetylenes is 1. The van der Waals surface area contributed by atoms with Gasteiger partial charge in [0.05, 0.1) is 0 Å². The molecule has 94 valence electrons. The summed E-state index contributed by atoms with van der Waals surface area (Å²) in [5.74, 6) is 3.85. The van der Waals surface area contributed by atoms with Gasteiger partial charge in [-0.15, -0.1) is 36.3 Å². The largest absolute Gasteiger partial charge is 0.370 e. The Balaban J connectivity index is 0. The van der Waals surface area contributed by atoms with Crippen molar-refractivity contribution in [2.24, 2.45) is 16.6 Å². The second-order valence-electron chi connectivity index (χ2n) is 4.04. The van der Waals surface area contributed by atoms with Gasteiger partial charge in [0, 0.05) is 19.5 Å². The first-order valence-corrected chi connectivity index (χ1v) is 5.64. The zero-order valence-electron chi connectivity index (χ0n) is 10.3. The van der Waals surface area contributed by atoms with Gasteiger partial charge in [-0.2, -0.15) is 0 Å². The maximum atomic E-state index is 5.67. The number of nitrogens with two attached hydrogens (primary N) is 1. The van der Waals surface area contributed by atoms with Crippen LogP contribution in [0.4, 0.5) is 0 Å². The van der Waals surface area contributed by atoms with Gasteiger partial charge in [-0.1, -0.05) is 13.8 Å². The summed E-state index contributed by atoms with van der Waals surface area (Å²) in [4.78, 5) is 4.21. The standard InChI is InChI=1S/C12H23N3.HI/c1-4-5-6-7-9-14-12(13)15-10-8-11(2)3;/h1,11H,5-10H2,2-3H3,(H3,13,14,15);1H. The Kier molecular flexibility index (Phi) is 14.2. The van der Waals surface area contributed by atoms with Gasteiger partial charge < -0.3 is 11.1 Å². The minimum absolute atomic E-state index is 0. The monoisotopic (exact) mass is 337 g/mol. The van der Waals surface area contributed by atoms with Crippen LogP contribution in [0.3, 0.4) is 0 Å². The van der Waals surface area contributed by atoms with Crippen LogP contribution < -0.4 is 11.1 Å². The van der Waals surface area contributed by atoms with Gasteiger partial charge >= 0.3 is 0 Å². The maximum Gasteiger partial charge on any atom is 0.188 e. The number of rotatable bonds is 7. The van der Waals surface area contributed by atoms with Crippen molar-refractivity contribution in [1.29, 1.82) is 0 Å². The minimum atomic E-state index is 0. The molecule has 0 aliphatic rings. The third-order valence-electron chi connectivity index (χ3n) is 2.04. The van der Waals surface area contributed by atoms with E-state index in [0.29, 0.717) is 11.9 Å².